The molecule has 2 rings (SSSR count). The van der Waals surface area contributed by atoms with Gasteiger partial charge in [0.1, 0.15) is 0 Å². The summed E-state index contributed by atoms with van der Waals surface area (Å²) in [7, 11) is 0. The predicted octanol–water partition coefficient (Wildman–Crippen LogP) is 3.50. The number of benzene rings is 1. The summed E-state index contributed by atoms with van der Waals surface area (Å²) in [5.74, 6) is 0. The maximum absolute atomic E-state index is 4.32. The number of hydrogen-bond acceptors (Lipinski definition) is 2. The van der Waals surface area contributed by atoms with Crippen molar-refractivity contribution in [1.82, 2.24) is 15.1 Å². The number of aromatic nitrogens is 2. The molecule has 1 N–H and O–H groups in total. The first kappa shape index (κ1) is 14.3. The molecule has 102 valence electrons. The number of hydrogen-bond donors (Lipinski definition) is 1. The molecule has 0 fully saturated rings. The third kappa shape index (κ3) is 3.91. The van der Waals surface area contributed by atoms with Gasteiger partial charge in [0.15, 0.2) is 0 Å². The van der Waals surface area contributed by atoms with Crippen LogP contribution in [0.1, 0.15) is 30.2 Å². The van der Waals surface area contributed by atoms with Crippen LogP contribution in [0.25, 0.3) is 0 Å². The average Bonchev–Trinajstić information content (AvgIpc) is 2.79. The first-order valence-electron chi connectivity index (χ1n) is 6.67. The second-order valence-corrected chi connectivity index (χ2v) is 5.59. The van der Waals surface area contributed by atoms with Gasteiger partial charge in [0, 0.05) is 22.9 Å². The standard InChI is InChI=1S/C15H20BrN3/c1-3-7-17-10-13-4-5-14(15(16)9-13)11-19-12(2)6-8-18-19/h4-6,8-9,17H,3,7,10-11H2,1-2H3. The van der Waals surface area contributed by atoms with Crippen molar-refractivity contribution in [2.75, 3.05) is 6.54 Å². The van der Waals surface area contributed by atoms with Crippen LogP contribution < -0.4 is 5.32 Å². The first-order valence-corrected chi connectivity index (χ1v) is 7.46. The van der Waals surface area contributed by atoms with Gasteiger partial charge in [0.25, 0.3) is 0 Å². The molecule has 0 spiro atoms. The van der Waals surface area contributed by atoms with Gasteiger partial charge in [0.05, 0.1) is 6.54 Å². The minimum Gasteiger partial charge on any atom is -0.313 e. The Labute approximate surface area is 123 Å². The summed E-state index contributed by atoms with van der Waals surface area (Å²) in [6, 6.07) is 8.57. The van der Waals surface area contributed by atoms with Crippen molar-refractivity contribution in [1.29, 1.82) is 0 Å². The maximum Gasteiger partial charge on any atom is 0.0673 e. The SMILES string of the molecule is CCCNCc1ccc(Cn2nccc2C)c(Br)c1. The van der Waals surface area contributed by atoms with Crippen LogP contribution in [0.2, 0.25) is 0 Å². The molecular weight excluding hydrogens is 302 g/mol. The number of nitrogens with zero attached hydrogens (tertiary/aromatic N) is 2. The van der Waals surface area contributed by atoms with Crippen LogP contribution in [0.5, 0.6) is 0 Å². The zero-order valence-electron chi connectivity index (χ0n) is 11.5. The normalized spacial score (nSPS) is 10.9. The average molecular weight is 322 g/mol. The molecule has 0 atom stereocenters. The summed E-state index contributed by atoms with van der Waals surface area (Å²) in [6.07, 6.45) is 3.00. The molecule has 0 saturated heterocycles. The van der Waals surface area contributed by atoms with Gasteiger partial charge in [-0.05, 0) is 43.1 Å². The van der Waals surface area contributed by atoms with Gasteiger partial charge < -0.3 is 5.32 Å². The Morgan fingerprint density at radius 1 is 1.32 bits per heavy atom. The third-order valence-electron chi connectivity index (χ3n) is 3.12. The molecule has 0 aliphatic rings. The van der Waals surface area contributed by atoms with E-state index in [2.05, 4.69) is 58.4 Å². The van der Waals surface area contributed by atoms with Gasteiger partial charge in [-0.15, -0.1) is 0 Å². The summed E-state index contributed by atoms with van der Waals surface area (Å²) in [4.78, 5) is 0. The summed E-state index contributed by atoms with van der Waals surface area (Å²) < 4.78 is 3.16. The lowest BCUT2D eigenvalue weighted by Crippen LogP contribution is -2.14. The zero-order chi connectivity index (χ0) is 13.7. The van der Waals surface area contributed by atoms with E-state index in [1.807, 2.05) is 16.9 Å². The lowest BCUT2D eigenvalue weighted by atomic mass is 10.1. The zero-order valence-corrected chi connectivity index (χ0v) is 13.1. The Bertz CT molecular complexity index is 534. The quantitative estimate of drug-likeness (QED) is 0.825. The Balaban J connectivity index is 2.05. The molecular formula is C15H20BrN3. The highest BCUT2D eigenvalue weighted by Gasteiger charge is 2.04. The monoisotopic (exact) mass is 321 g/mol. The molecule has 3 nitrogen and oxygen atoms in total. The van der Waals surface area contributed by atoms with Gasteiger partial charge in [-0.25, -0.2) is 0 Å². The van der Waals surface area contributed by atoms with Crippen LogP contribution >= 0.6 is 15.9 Å². The van der Waals surface area contributed by atoms with Gasteiger partial charge in [-0.3, -0.25) is 4.68 Å². The number of halogens is 1. The van der Waals surface area contributed by atoms with E-state index in [0.29, 0.717) is 0 Å². The van der Waals surface area contributed by atoms with E-state index in [0.717, 1.165) is 30.5 Å². The maximum atomic E-state index is 4.32. The van der Waals surface area contributed by atoms with Crippen LogP contribution in [0, 0.1) is 6.92 Å². The van der Waals surface area contributed by atoms with Crippen molar-refractivity contribution in [3.8, 4) is 0 Å². The fraction of sp³-hybridized carbons (Fsp3) is 0.400. The second kappa shape index (κ2) is 6.87. The van der Waals surface area contributed by atoms with E-state index in [1.54, 1.807) is 0 Å². The first-order chi connectivity index (χ1) is 9.20. The minimum absolute atomic E-state index is 0.808. The predicted molar refractivity (Wildman–Crippen MR) is 82.2 cm³/mol. The fourth-order valence-corrected chi connectivity index (χ4v) is 2.52. The van der Waals surface area contributed by atoms with E-state index >= 15 is 0 Å². The molecule has 1 aromatic heterocycles. The smallest absolute Gasteiger partial charge is 0.0673 e. The van der Waals surface area contributed by atoms with Crippen LogP contribution in [-0.4, -0.2) is 16.3 Å². The van der Waals surface area contributed by atoms with Crippen LogP contribution in [-0.2, 0) is 13.1 Å². The largest absolute Gasteiger partial charge is 0.313 e. The summed E-state index contributed by atoms with van der Waals surface area (Å²) in [6.45, 7) is 7.05. The molecule has 0 bridgehead atoms. The summed E-state index contributed by atoms with van der Waals surface area (Å²) in [5.41, 5.74) is 3.74. The van der Waals surface area contributed by atoms with Gasteiger partial charge in [-0.1, -0.05) is 35.0 Å². The minimum atomic E-state index is 0.808. The van der Waals surface area contributed by atoms with Crippen molar-refractivity contribution < 1.29 is 0 Å². The Morgan fingerprint density at radius 2 is 2.16 bits per heavy atom. The molecule has 1 heterocycles. The molecule has 1 aromatic carbocycles. The molecule has 0 saturated carbocycles. The van der Waals surface area contributed by atoms with E-state index in [9.17, 15) is 0 Å². The van der Waals surface area contributed by atoms with Crippen molar-refractivity contribution in [2.45, 2.75) is 33.4 Å². The van der Waals surface area contributed by atoms with Gasteiger partial charge >= 0.3 is 0 Å². The number of nitrogens with one attached hydrogen (secondary N) is 1. The third-order valence-corrected chi connectivity index (χ3v) is 3.86. The number of aryl methyl sites for hydroxylation is 1. The fourth-order valence-electron chi connectivity index (χ4n) is 1.96. The second-order valence-electron chi connectivity index (χ2n) is 4.73. The number of rotatable bonds is 6. The van der Waals surface area contributed by atoms with Gasteiger partial charge in [-0.2, -0.15) is 5.10 Å². The van der Waals surface area contributed by atoms with E-state index in [-0.39, 0.29) is 0 Å². The van der Waals surface area contributed by atoms with Crippen LogP contribution in [0.3, 0.4) is 0 Å². The molecule has 0 aliphatic heterocycles. The van der Waals surface area contributed by atoms with Crippen LogP contribution in [0.15, 0.2) is 34.9 Å². The van der Waals surface area contributed by atoms with E-state index < -0.39 is 0 Å². The molecule has 0 amide bonds. The highest BCUT2D eigenvalue weighted by molar-refractivity contribution is 9.10. The van der Waals surface area contributed by atoms with E-state index in [1.165, 1.54) is 16.8 Å². The lowest BCUT2D eigenvalue weighted by Gasteiger charge is -2.09. The molecule has 0 aliphatic carbocycles. The summed E-state index contributed by atoms with van der Waals surface area (Å²) in [5, 5.41) is 7.73. The lowest BCUT2D eigenvalue weighted by molar-refractivity contribution is 0.660. The molecule has 2 aromatic rings. The molecule has 4 heteroatoms. The highest BCUT2D eigenvalue weighted by Crippen LogP contribution is 2.20. The molecule has 19 heavy (non-hydrogen) atoms. The van der Waals surface area contributed by atoms with Gasteiger partial charge in [0.2, 0.25) is 0 Å². The van der Waals surface area contributed by atoms with Crippen molar-refractivity contribution in [3.63, 3.8) is 0 Å². The van der Waals surface area contributed by atoms with E-state index in [4.69, 9.17) is 0 Å². The van der Waals surface area contributed by atoms with Crippen molar-refractivity contribution in [3.05, 3.63) is 51.8 Å². The van der Waals surface area contributed by atoms with Crippen molar-refractivity contribution >= 4 is 15.9 Å². The Morgan fingerprint density at radius 3 is 2.79 bits per heavy atom. The Kier molecular flexibility index (Phi) is 5.16. The Hall–Kier alpha value is -1.13. The molecule has 0 unspecified atom stereocenters. The topological polar surface area (TPSA) is 29.9 Å². The van der Waals surface area contributed by atoms with Crippen LogP contribution in [0.4, 0.5) is 0 Å². The van der Waals surface area contributed by atoms with Crippen molar-refractivity contribution in [2.24, 2.45) is 0 Å². The highest BCUT2D eigenvalue weighted by atomic mass is 79.9. The molecule has 0 radical (unpaired) electrons. The summed E-state index contributed by atoms with van der Waals surface area (Å²) >= 11 is 3.66.